The Morgan fingerprint density at radius 1 is 1.40 bits per heavy atom. The number of quaternary nitrogens is 1. The molecule has 2 aliphatic rings. The number of unbranched alkanes of at least 4 members (excludes halogenated alkanes) is 1. The summed E-state index contributed by atoms with van der Waals surface area (Å²) in [4.78, 5) is 29.1. The van der Waals surface area contributed by atoms with Gasteiger partial charge in [0.05, 0.1) is 18.9 Å². The highest BCUT2D eigenvalue weighted by Gasteiger charge is 2.36. The van der Waals surface area contributed by atoms with Gasteiger partial charge in [0, 0.05) is 24.1 Å². The van der Waals surface area contributed by atoms with E-state index in [0.717, 1.165) is 43.1 Å². The number of carbonyl (C=O) groups is 2. The summed E-state index contributed by atoms with van der Waals surface area (Å²) in [6, 6.07) is 5.61. The Morgan fingerprint density at radius 2 is 2.16 bits per heavy atom. The molecule has 1 aromatic carbocycles. The zero-order valence-corrected chi connectivity index (χ0v) is 15.7. The van der Waals surface area contributed by atoms with E-state index in [1.54, 1.807) is 22.7 Å². The Kier molecular flexibility index (Phi) is 5.98. The first kappa shape index (κ1) is 18.2. The van der Waals surface area contributed by atoms with E-state index in [1.165, 1.54) is 4.90 Å². The molecule has 136 valence electrons. The van der Waals surface area contributed by atoms with E-state index >= 15 is 0 Å². The Hall–Kier alpha value is -1.57. The first-order valence-electron chi connectivity index (χ1n) is 8.89. The number of morpholine rings is 1. The van der Waals surface area contributed by atoms with E-state index in [2.05, 4.69) is 12.2 Å². The highest BCUT2D eigenvalue weighted by atomic mass is 32.2. The first-order valence-corrected chi connectivity index (χ1v) is 9.77. The number of carbonyl (C=O) groups excluding carboxylic acids is 2. The molecule has 25 heavy (non-hydrogen) atoms. The Labute approximate surface area is 152 Å². The molecule has 1 unspecified atom stereocenters. The van der Waals surface area contributed by atoms with Crippen molar-refractivity contribution in [2.24, 2.45) is 0 Å². The summed E-state index contributed by atoms with van der Waals surface area (Å²) in [7, 11) is 1.82. The smallest absolute Gasteiger partial charge is 0.294 e. The summed E-state index contributed by atoms with van der Waals surface area (Å²) in [5, 5.41) is 2.84. The van der Waals surface area contributed by atoms with Crippen molar-refractivity contribution in [2.75, 3.05) is 45.2 Å². The van der Waals surface area contributed by atoms with Gasteiger partial charge < -0.3 is 19.9 Å². The summed E-state index contributed by atoms with van der Waals surface area (Å²) < 4.78 is 5.38. The molecule has 2 heterocycles. The molecule has 1 fully saturated rings. The van der Waals surface area contributed by atoms with Gasteiger partial charge in [0.2, 0.25) is 5.37 Å². The number of ether oxygens (including phenoxy) is 1. The van der Waals surface area contributed by atoms with Gasteiger partial charge >= 0.3 is 0 Å². The van der Waals surface area contributed by atoms with Crippen LogP contribution >= 0.6 is 11.8 Å². The molecule has 1 atom stereocenters. The second kappa shape index (κ2) is 8.21. The van der Waals surface area contributed by atoms with E-state index < -0.39 is 0 Å². The van der Waals surface area contributed by atoms with Crippen LogP contribution in [0.1, 0.15) is 30.1 Å². The fraction of sp³-hybridized carbons (Fsp3) is 0.556. The maximum absolute atomic E-state index is 12.5. The number of benzene rings is 1. The van der Waals surface area contributed by atoms with Crippen molar-refractivity contribution in [1.82, 2.24) is 4.90 Å². The Bertz CT molecular complexity index is 646. The summed E-state index contributed by atoms with van der Waals surface area (Å²) in [6.45, 7) is 5.94. The van der Waals surface area contributed by atoms with Crippen LogP contribution < -0.4 is 10.2 Å². The van der Waals surface area contributed by atoms with Gasteiger partial charge in [-0.05, 0) is 24.6 Å². The van der Waals surface area contributed by atoms with E-state index in [-0.39, 0.29) is 17.2 Å². The van der Waals surface area contributed by atoms with Crippen molar-refractivity contribution in [3.05, 3.63) is 23.8 Å². The van der Waals surface area contributed by atoms with Crippen LogP contribution in [0, 0.1) is 0 Å². The fourth-order valence-corrected chi connectivity index (χ4v) is 4.33. The van der Waals surface area contributed by atoms with E-state index in [9.17, 15) is 9.59 Å². The van der Waals surface area contributed by atoms with Crippen molar-refractivity contribution in [3.8, 4) is 0 Å². The number of rotatable bonds is 5. The molecule has 0 bridgehead atoms. The highest BCUT2D eigenvalue weighted by molar-refractivity contribution is 8.00. The van der Waals surface area contributed by atoms with Crippen LogP contribution in [0.5, 0.6) is 0 Å². The molecule has 1 aromatic rings. The van der Waals surface area contributed by atoms with E-state index in [0.29, 0.717) is 18.8 Å². The standard InChI is InChI=1S/C18H25N3O3S/c1-3-4-7-20(2)17(23)13-5-6-15-14(12-13)19-16(22)18(25-15)21-8-10-24-11-9-21/h5-6,12,18H,3-4,7-11H2,1-2H3,(H,19,22)/p+1. The summed E-state index contributed by atoms with van der Waals surface area (Å²) >= 11 is 1.58. The van der Waals surface area contributed by atoms with Gasteiger partial charge in [-0.25, -0.2) is 0 Å². The van der Waals surface area contributed by atoms with Gasteiger partial charge in [-0.1, -0.05) is 25.1 Å². The molecule has 0 radical (unpaired) electrons. The predicted molar refractivity (Wildman–Crippen MR) is 98.1 cm³/mol. The second-order valence-corrected chi connectivity index (χ2v) is 7.70. The molecule has 1 saturated heterocycles. The highest BCUT2D eigenvalue weighted by Crippen LogP contribution is 2.34. The lowest BCUT2D eigenvalue weighted by molar-refractivity contribution is -0.909. The minimum Gasteiger partial charge on any atom is -0.370 e. The Morgan fingerprint density at radius 3 is 2.88 bits per heavy atom. The average Bonchev–Trinajstić information content (AvgIpc) is 2.65. The van der Waals surface area contributed by atoms with Gasteiger partial charge in [0.1, 0.15) is 13.1 Å². The van der Waals surface area contributed by atoms with Crippen LogP contribution in [0.25, 0.3) is 0 Å². The quantitative estimate of drug-likeness (QED) is 0.813. The maximum atomic E-state index is 12.5. The lowest BCUT2D eigenvalue weighted by atomic mass is 10.1. The molecule has 7 heteroatoms. The number of hydrogen-bond donors (Lipinski definition) is 2. The van der Waals surface area contributed by atoms with Crippen LogP contribution in [-0.4, -0.2) is 62.0 Å². The number of fused-ring (bicyclic) bond motifs is 1. The lowest BCUT2D eigenvalue weighted by Crippen LogP contribution is -3.18. The zero-order chi connectivity index (χ0) is 17.8. The Balaban J connectivity index is 1.72. The minimum atomic E-state index is -0.148. The number of hydrogen-bond acceptors (Lipinski definition) is 4. The van der Waals surface area contributed by atoms with Crippen molar-refractivity contribution < 1.29 is 19.2 Å². The molecule has 3 rings (SSSR count). The third-order valence-electron chi connectivity index (χ3n) is 4.67. The molecule has 2 N–H and O–H groups in total. The minimum absolute atomic E-state index is 0.00331. The van der Waals surface area contributed by atoms with Crippen LogP contribution in [0.4, 0.5) is 5.69 Å². The van der Waals surface area contributed by atoms with Crippen molar-refractivity contribution in [1.29, 1.82) is 0 Å². The second-order valence-electron chi connectivity index (χ2n) is 6.55. The van der Waals surface area contributed by atoms with Crippen molar-refractivity contribution in [2.45, 2.75) is 30.0 Å². The van der Waals surface area contributed by atoms with Gasteiger partial charge in [-0.2, -0.15) is 0 Å². The van der Waals surface area contributed by atoms with Crippen LogP contribution in [0.3, 0.4) is 0 Å². The third kappa shape index (κ3) is 4.16. The topological polar surface area (TPSA) is 63.1 Å². The van der Waals surface area contributed by atoms with Gasteiger partial charge in [-0.15, -0.1) is 0 Å². The summed E-state index contributed by atoms with van der Waals surface area (Å²) in [5.41, 5.74) is 1.36. The first-order chi connectivity index (χ1) is 12.1. The molecule has 0 aromatic heterocycles. The van der Waals surface area contributed by atoms with Crippen LogP contribution in [0.15, 0.2) is 23.1 Å². The van der Waals surface area contributed by atoms with Crippen molar-refractivity contribution in [3.63, 3.8) is 0 Å². The number of nitrogens with one attached hydrogen (secondary N) is 2. The van der Waals surface area contributed by atoms with Crippen LogP contribution in [0.2, 0.25) is 0 Å². The van der Waals surface area contributed by atoms with Gasteiger partial charge in [0.25, 0.3) is 11.8 Å². The normalized spacial score (nSPS) is 20.7. The van der Waals surface area contributed by atoms with Crippen LogP contribution in [-0.2, 0) is 9.53 Å². The average molecular weight is 364 g/mol. The summed E-state index contributed by atoms with van der Waals surface area (Å²) in [5.74, 6) is 0.00904. The fourth-order valence-electron chi connectivity index (χ4n) is 3.12. The summed E-state index contributed by atoms with van der Waals surface area (Å²) in [6.07, 6.45) is 2.05. The molecule has 2 amide bonds. The number of anilines is 1. The molecular weight excluding hydrogens is 338 g/mol. The van der Waals surface area contributed by atoms with E-state index in [1.807, 2.05) is 19.2 Å². The maximum Gasteiger partial charge on any atom is 0.294 e. The van der Waals surface area contributed by atoms with E-state index in [4.69, 9.17) is 4.74 Å². The monoisotopic (exact) mass is 364 g/mol. The SMILES string of the molecule is CCCCN(C)C(=O)c1ccc2c(c1)NC(=O)C([NH+]1CCOCC1)S2. The molecule has 2 aliphatic heterocycles. The number of nitrogens with zero attached hydrogens (tertiary/aromatic N) is 1. The predicted octanol–water partition coefficient (Wildman–Crippen LogP) is 0.844. The molecule has 6 nitrogen and oxygen atoms in total. The van der Waals surface area contributed by atoms with Crippen molar-refractivity contribution >= 4 is 29.3 Å². The number of thioether (sulfide) groups is 1. The third-order valence-corrected chi connectivity index (χ3v) is 6.06. The largest absolute Gasteiger partial charge is 0.370 e. The number of amides is 2. The molecule has 0 aliphatic carbocycles. The lowest BCUT2D eigenvalue weighted by Gasteiger charge is -2.33. The molecule has 0 spiro atoms. The van der Waals surface area contributed by atoms with Gasteiger partial charge in [0.15, 0.2) is 0 Å². The molecule has 0 saturated carbocycles. The van der Waals surface area contributed by atoms with Gasteiger partial charge in [-0.3, -0.25) is 9.59 Å². The zero-order valence-electron chi connectivity index (χ0n) is 14.8. The molecular formula is C18H26N3O3S+.